The standard InChI is InChI=1S/C3H9N.C2H6ClN.ClH/c1-4(2)3;1-2-4-3;/h1-3H3;4H,2H2,1H3;1H. The summed E-state index contributed by atoms with van der Waals surface area (Å²) in [5.41, 5.74) is 0. The van der Waals surface area contributed by atoms with Gasteiger partial charge in [-0.3, -0.25) is 0 Å². The van der Waals surface area contributed by atoms with Gasteiger partial charge in [0, 0.05) is 6.54 Å². The molecule has 0 saturated carbocycles. The van der Waals surface area contributed by atoms with Gasteiger partial charge < -0.3 is 4.90 Å². The molecule has 60 valence electrons. The van der Waals surface area contributed by atoms with Gasteiger partial charge >= 0.3 is 0 Å². The van der Waals surface area contributed by atoms with Crippen LogP contribution in [0.4, 0.5) is 0 Å². The highest BCUT2D eigenvalue weighted by Crippen LogP contribution is 1.52. The van der Waals surface area contributed by atoms with Crippen molar-refractivity contribution in [1.29, 1.82) is 0 Å². The van der Waals surface area contributed by atoms with Crippen LogP contribution >= 0.6 is 24.2 Å². The van der Waals surface area contributed by atoms with Crippen LogP contribution in [-0.4, -0.2) is 32.6 Å². The summed E-state index contributed by atoms with van der Waals surface area (Å²) in [4.78, 5) is 4.40. The Hall–Kier alpha value is 0.500. The molecular formula is C5H16Cl2N2. The molecule has 0 heterocycles. The summed E-state index contributed by atoms with van der Waals surface area (Å²) in [5.74, 6) is 0. The molecule has 2 nitrogen and oxygen atoms in total. The van der Waals surface area contributed by atoms with E-state index in [1.165, 1.54) is 0 Å². The highest BCUT2D eigenvalue weighted by Gasteiger charge is 1.58. The third-order valence-electron chi connectivity index (χ3n) is 0.134. The van der Waals surface area contributed by atoms with Crippen molar-refractivity contribution >= 4 is 24.2 Å². The van der Waals surface area contributed by atoms with E-state index in [1.807, 2.05) is 33.0 Å². The molecule has 0 aliphatic carbocycles. The van der Waals surface area contributed by atoms with Crippen LogP contribution in [0.15, 0.2) is 0 Å². The molecule has 0 aromatic heterocycles. The summed E-state index contributed by atoms with van der Waals surface area (Å²) in [6, 6.07) is 0. The van der Waals surface area contributed by atoms with E-state index < -0.39 is 0 Å². The zero-order valence-electron chi connectivity index (χ0n) is 6.44. The zero-order chi connectivity index (χ0) is 6.99. The molecule has 9 heavy (non-hydrogen) atoms. The molecule has 0 unspecified atom stereocenters. The molecule has 0 spiro atoms. The van der Waals surface area contributed by atoms with Crippen molar-refractivity contribution in [2.75, 3.05) is 27.7 Å². The number of nitrogens with zero attached hydrogens (tertiary/aromatic N) is 1. The quantitative estimate of drug-likeness (QED) is 0.605. The maximum absolute atomic E-state index is 4.94. The van der Waals surface area contributed by atoms with E-state index in [9.17, 15) is 0 Å². The molecule has 1 N–H and O–H groups in total. The fraction of sp³-hybridized carbons (Fsp3) is 1.00. The summed E-state index contributed by atoms with van der Waals surface area (Å²) < 4.78 is 0. The second-order valence-corrected chi connectivity index (χ2v) is 2.10. The number of hydrogen-bond acceptors (Lipinski definition) is 2. The van der Waals surface area contributed by atoms with Gasteiger partial charge in [-0.2, -0.15) is 0 Å². The Balaban J connectivity index is -0.0000000720. The average Bonchev–Trinajstić information content (AvgIpc) is 1.65. The van der Waals surface area contributed by atoms with E-state index in [1.54, 1.807) is 0 Å². The topological polar surface area (TPSA) is 15.3 Å². The largest absolute Gasteiger partial charge is 0.312 e. The third kappa shape index (κ3) is 160. The van der Waals surface area contributed by atoms with Gasteiger partial charge in [-0.05, 0) is 32.9 Å². The maximum Gasteiger partial charge on any atom is 0.00793 e. The van der Waals surface area contributed by atoms with Crippen LogP contribution in [0, 0.1) is 0 Å². The van der Waals surface area contributed by atoms with Crippen molar-refractivity contribution in [3.05, 3.63) is 0 Å². The Labute approximate surface area is 69.1 Å². The monoisotopic (exact) mass is 174 g/mol. The van der Waals surface area contributed by atoms with Crippen LogP contribution in [-0.2, 0) is 0 Å². The van der Waals surface area contributed by atoms with Gasteiger partial charge in [0.25, 0.3) is 0 Å². The zero-order valence-corrected chi connectivity index (χ0v) is 8.01. The van der Waals surface area contributed by atoms with Crippen molar-refractivity contribution in [3.8, 4) is 0 Å². The van der Waals surface area contributed by atoms with Crippen molar-refractivity contribution < 1.29 is 0 Å². The average molecular weight is 175 g/mol. The van der Waals surface area contributed by atoms with Gasteiger partial charge in [0.15, 0.2) is 0 Å². The van der Waals surface area contributed by atoms with Gasteiger partial charge in [0.05, 0.1) is 0 Å². The molecule has 0 bridgehead atoms. The van der Waals surface area contributed by atoms with E-state index in [0.717, 1.165) is 6.54 Å². The predicted octanol–water partition coefficient (Wildman–Crippen LogP) is 1.35. The highest BCUT2D eigenvalue weighted by molar-refractivity contribution is 6.13. The Morgan fingerprint density at radius 3 is 1.44 bits per heavy atom. The second kappa shape index (κ2) is 15.8. The third-order valence-corrected chi connectivity index (χ3v) is 0.401. The fourth-order valence-electron chi connectivity index (χ4n) is 0. The lowest BCUT2D eigenvalue weighted by Gasteiger charge is -1.90. The van der Waals surface area contributed by atoms with Crippen LogP contribution in [0.1, 0.15) is 6.92 Å². The number of hydrogen-bond donors (Lipinski definition) is 1. The Bertz CT molecular complexity index is 29.4. The lowest BCUT2D eigenvalue weighted by Crippen LogP contribution is -1.99. The van der Waals surface area contributed by atoms with E-state index in [-0.39, 0.29) is 12.4 Å². The Morgan fingerprint density at radius 1 is 1.33 bits per heavy atom. The summed E-state index contributed by atoms with van der Waals surface area (Å²) >= 11 is 4.94. The van der Waals surface area contributed by atoms with Crippen LogP contribution < -0.4 is 4.84 Å². The van der Waals surface area contributed by atoms with Crippen LogP contribution in [0.25, 0.3) is 0 Å². The van der Waals surface area contributed by atoms with Gasteiger partial charge in [-0.1, -0.05) is 6.92 Å². The van der Waals surface area contributed by atoms with E-state index >= 15 is 0 Å². The summed E-state index contributed by atoms with van der Waals surface area (Å²) in [5, 5.41) is 0. The number of rotatable bonds is 1. The van der Waals surface area contributed by atoms with Crippen molar-refractivity contribution in [1.82, 2.24) is 9.74 Å². The molecule has 0 aromatic rings. The SMILES string of the molecule is CCNCl.CN(C)C.Cl. The molecule has 0 radical (unpaired) electrons. The molecule has 0 aromatic carbocycles. The van der Waals surface area contributed by atoms with Crippen LogP contribution in [0.2, 0.25) is 0 Å². The molecular weight excluding hydrogens is 159 g/mol. The minimum Gasteiger partial charge on any atom is -0.312 e. The Kier molecular flexibility index (Phi) is 28.5. The molecule has 0 amide bonds. The number of halogens is 2. The second-order valence-electron chi connectivity index (χ2n) is 1.83. The minimum atomic E-state index is 0. The van der Waals surface area contributed by atoms with Crippen LogP contribution in [0.5, 0.6) is 0 Å². The highest BCUT2D eigenvalue weighted by atomic mass is 35.5. The smallest absolute Gasteiger partial charge is 0.00793 e. The molecule has 0 aliphatic heterocycles. The van der Waals surface area contributed by atoms with Crippen molar-refractivity contribution in [2.45, 2.75) is 6.92 Å². The molecule has 4 heteroatoms. The minimum absolute atomic E-state index is 0. The first-order valence-electron chi connectivity index (χ1n) is 2.59. The van der Waals surface area contributed by atoms with Gasteiger partial charge in [0.2, 0.25) is 0 Å². The first-order chi connectivity index (χ1) is 3.65. The van der Waals surface area contributed by atoms with Crippen molar-refractivity contribution in [3.63, 3.8) is 0 Å². The Morgan fingerprint density at radius 2 is 1.44 bits per heavy atom. The molecule has 0 rings (SSSR count). The first-order valence-corrected chi connectivity index (χ1v) is 2.97. The molecule has 0 fully saturated rings. The van der Waals surface area contributed by atoms with E-state index in [2.05, 4.69) is 4.84 Å². The number of nitrogens with one attached hydrogen (secondary N) is 1. The molecule has 0 atom stereocenters. The summed E-state index contributed by atoms with van der Waals surface area (Å²) in [6.07, 6.45) is 0. The predicted molar refractivity (Wildman–Crippen MR) is 46.4 cm³/mol. The lowest BCUT2D eigenvalue weighted by atomic mass is 10.8. The fourth-order valence-corrected chi connectivity index (χ4v) is 0. The first kappa shape index (κ1) is 16.2. The summed E-state index contributed by atoms with van der Waals surface area (Å²) in [7, 11) is 6.00. The molecule has 0 aliphatic rings. The van der Waals surface area contributed by atoms with Gasteiger partial charge in [-0.15, -0.1) is 12.4 Å². The molecule has 0 saturated heterocycles. The van der Waals surface area contributed by atoms with Crippen molar-refractivity contribution in [2.24, 2.45) is 0 Å². The van der Waals surface area contributed by atoms with Crippen LogP contribution in [0.3, 0.4) is 0 Å². The normalized spacial score (nSPS) is 7.33. The maximum atomic E-state index is 4.94. The van der Waals surface area contributed by atoms with Gasteiger partial charge in [-0.25, -0.2) is 4.84 Å². The van der Waals surface area contributed by atoms with E-state index in [4.69, 9.17) is 11.8 Å². The van der Waals surface area contributed by atoms with E-state index in [0.29, 0.717) is 0 Å². The summed E-state index contributed by atoms with van der Waals surface area (Å²) in [6.45, 7) is 2.77. The van der Waals surface area contributed by atoms with Gasteiger partial charge in [0.1, 0.15) is 0 Å². The lowest BCUT2D eigenvalue weighted by molar-refractivity contribution is 0.505.